The quantitative estimate of drug-likeness (QED) is 0.851. The molecule has 86 valence electrons. The van der Waals surface area contributed by atoms with Crippen LogP contribution >= 0.6 is 0 Å². The lowest BCUT2D eigenvalue weighted by molar-refractivity contribution is -0.141. The lowest BCUT2D eigenvalue weighted by atomic mass is 9.89. The number of carbonyl (C=O) groups is 1. The molecule has 3 heteroatoms. The van der Waals surface area contributed by atoms with Gasteiger partial charge in [-0.3, -0.25) is 4.79 Å². The molecule has 0 bridgehead atoms. The number of hydrogen-bond acceptors (Lipinski definition) is 2. The molecular weight excluding hydrogens is 204 g/mol. The summed E-state index contributed by atoms with van der Waals surface area (Å²) in [6.45, 7) is 1.78. The number of benzene rings is 1. The van der Waals surface area contributed by atoms with Crippen molar-refractivity contribution in [3.8, 4) is 5.75 Å². The lowest BCUT2D eigenvalue weighted by Gasteiger charge is -2.16. The van der Waals surface area contributed by atoms with E-state index in [1.165, 1.54) is 11.1 Å². The van der Waals surface area contributed by atoms with Crippen molar-refractivity contribution in [1.82, 2.24) is 0 Å². The molecule has 1 N–H and O–H groups in total. The average molecular weight is 220 g/mol. The third-order valence-electron chi connectivity index (χ3n) is 3.47. The van der Waals surface area contributed by atoms with Crippen molar-refractivity contribution in [2.75, 3.05) is 7.11 Å². The van der Waals surface area contributed by atoms with E-state index in [-0.39, 0.29) is 11.8 Å². The van der Waals surface area contributed by atoms with Gasteiger partial charge in [0.05, 0.1) is 13.0 Å². The van der Waals surface area contributed by atoms with Crippen molar-refractivity contribution in [2.45, 2.75) is 25.7 Å². The number of aryl methyl sites for hydroxylation is 1. The van der Waals surface area contributed by atoms with Gasteiger partial charge in [-0.15, -0.1) is 0 Å². The molecule has 0 radical (unpaired) electrons. The highest BCUT2D eigenvalue weighted by molar-refractivity contribution is 5.71. The van der Waals surface area contributed by atoms with Gasteiger partial charge in [-0.1, -0.05) is 13.0 Å². The number of ether oxygens (including phenoxy) is 1. The van der Waals surface area contributed by atoms with E-state index < -0.39 is 5.97 Å². The molecule has 2 atom stereocenters. The summed E-state index contributed by atoms with van der Waals surface area (Å²) in [7, 11) is 1.65. The van der Waals surface area contributed by atoms with Gasteiger partial charge in [-0.25, -0.2) is 0 Å². The summed E-state index contributed by atoms with van der Waals surface area (Å²) in [4.78, 5) is 11.0. The Labute approximate surface area is 95.0 Å². The van der Waals surface area contributed by atoms with Crippen LogP contribution in [0, 0.1) is 5.92 Å². The molecule has 16 heavy (non-hydrogen) atoms. The minimum atomic E-state index is -0.714. The van der Waals surface area contributed by atoms with Crippen molar-refractivity contribution in [3.63, 3.8) is 0 Å². The third-order valence-corrected chi connectivity index (χ3v) is 3.47. The molecule has 0 aromatic heterocycles. The summed E-state index contributed by atoms with van der Waals surface area (Å²) in [5, 5.41) is 9.04. The zero-order valence-corrected chi connectivity index (χ0v) is 9.56. The van der Waals surface area contributed by atoms with Crippen molar-refractivity contribution < 1.29 is 14.6 Å². The zero-order valence-electron chi connectivity index (χ0n) is 9.56. The van der Waals surface area contributed by atoms with Crippen LogP contribution < -0.4 is 4.74 Å². The SMILES string of the molecule is COc1ccc2c(c1)CC[C@@H]2[C@@H](C)C(=O)O. The zero-order chi connectivity index (χ0) is 11.7. The topological polar surface area (TPSA) is 46.5 Å². The van der Waals surface area contributed by atoms with Gasteiger partial charge in [0, 0.05) is 0 Å². The van der Waals surface area contributed by atoms with Crippen LogP contribution in [0.25, 0.3) is 0 Å². The summed E-state index contributed by atoms with van der Waals surface area (Å²) in [6, 6.07) is 5.93. The first-order valence-corrected chi connectivity index (χ1v) is 5.53. The second-order valence-electron chi connectivity index (χ2n) is 4.34. The van der Waals surface area contributed by atoms with Crippen molar-refractivity contribution in [1.29, 1.82) is 0 Å². The normalized spacial score (nSPS) is 20.2. The van der Waals surface area contributed by atoms with Crippen LogP contribution in [0.5, 0.6) is 5.75 Å². The fraction of sp³-hybridized carbons (Fsp3) is 0.462. The van der Waals surface area contributed by atoms with Crippen LogP contribution in [0.2, 0.25) is 0 Å². The Morgan fingerprint density at radius 3 is 2.94 bits per heavy atom. The first kappa shape index (κ1) is 11.0. The molecule has 0 aliphatic heterocycles. The van der Waals surface area contributed by atoms with Gasteiger partial charge >= 0.3 is 5.97 Å². The van der Waals surface area contributed by atoms with Crippen LogP contribution in [0.15, 0.2) is 18.2 Å². The monoisotopic (exact) mass is 220 g/mol. The van der Waals surface area contributed by atoms with E-state index in [0.29, 0.717) is 0 Å². The van der Waals surface area contributed by atoms with Crippen LogP contribution in [0.1, 0.15) is 30.4 Å². The highest BCUT2D eigenvalue weighted by atomic mass is 16.5. The minimum Gasteiger partial charge on any atom is -0.497 e. The predicted molar refractivity (Wildman–Crippen MR) is 60.9 cm³/mol. The maximum absolute atomic E-state index is 11.0. The maximum Gasteiger partial charge on any atom is 0.306 e. The first-order valence-electron chi connectivity index (χ1n) is 5.53. The fourth-order valence-electron chi connectivity index (χ4n) is 2.45. The number of hydrogen-bond donors (Lipinski definition) is 1. The molecule has 3 nitrogen and oxygen atoms in total. The van der Waals surface area contributed by atoms with Gasteiger partial charge in [-0.05, 0) is 42.0 Å². The molecule has 0 saturated carbocycles. The largest absolute Gasteiger partial charge is 0.497 e. The molecule has 0 saturated heterocycles. The summed E-state index contributed by atoms with van der Waals surface area (Å²) in [6.07, 6.45) is 1.88. The van der Waals surface area contributed by atoms with Gasteiger partial charge in [0.15, 0.2) is 0 Å². The predicted octanol–water partition coefficient (Wildman–Crippen LogP) is 2.45. The molecule has 1 aromatic rings. The molecule has 0 heterocycles. The molecule has 1 aliphatic carbocycles. The minimum absolute atomic E-state index is 0.151. The number of aliphatic carboxylic acids is 1. The van der Waals surface area contributed by atoms with E-state index in [0.717, 1.165) is 18.6 Å². The van der Waals surface area contributed by atoms with Crippen molar-refractivity contribution in [2.24, 2.45) is 5.92 Å². The molecule has 2 rings (SSSR count). The summed E-state index contributed by atoms with van der Waals surface area (Å²) < 4.78 is 5.17. The number of carboxylic acids is 1. The Balaban J connectivity index is 2.30. The molecule has 0 unspecified atom stereocenters. The second kappa shape index (κ2) is 4.16. The van der Waals surface area contributed by atoms with Gasteiger partial charge in [0.2, 0.25) is 0 Å². The standard InChI is InChI=1S/C13H16O3/c1-8(13(14)15)11-5-3-9-7-10(16-2)4-6-12(9)11/h4,6-8,11H,3,5H2,1-2H3,(H,14,15)/t8-,11-/m1/s1. The number of carboxylic acid groups (broad SMARTS) is 1. The Morgan fingerprint density at radius 1 is 1.56 bits per heavy atom. The van der Waals surface area contributed by atoms with E-state index in [1.54, 1.807) is 14.0 Å². The molecular formula is C13H16O3. The number of methoxy groups -OCH3 is 1. The van der Waals surface area contributed by atoms with E-state index >= 15 is 0 Å². The van der Waals surface area contributed by atoms with Crippen molar-refractivity contribution in [3.05, 3.63) is 29.3 Å². The Morgan fingerprint density at radius 2 is 2.31 bits per heavy atom. The third kappa shape index (κ3) is 1.77. The average Bonchev–Trinajstić information content (AvgIpc) is 2.70. The summed E-state index contributed by atoms with van der Waals surface area (Å²) >= 11 is 0. The number of fused-ring (bicyclic) bond motifs is 1. The first-order chi connectivity index (χ1) is 7.63. The Hall–Kier alpha value is -1.51. The van der Waals surface area contributed by atoms with Gasteiger partial charge in [0.1, 0.15) is 5.75 Å². The van der Waals surface area contributed by atoms with E-state index in [9.17, 15) is 4.79 Å². The van der Waals surface area contributed by atoms with Crippen molar-refractivity contribution >= 4 is 5.97 Å². The molecule has 1 aliphatic rings. The van der Waals surface area contributed by atoms with E-state index in [1.807, 2.05) is 18.2 Å². The Kier molecular flexibility index (Phi) is 2.86. The molecule has 1 aromatic carbocycles. The van der Waals surface area contributed by atoms with Crippen LogP contribution in [0.3, 0.4) is 0 Å². The smallest absolute Gasteiger partial charge is 0.306 e. The summed E-state index contributed by atoms with van der Waals surface area (Å²) in [5.74, 6) is -0.0240. The highest BCUT2D eigenvalue weighted by Gasteiger charge is 2.31. The highest BCUT2D eigenvalue weighted by Crippen LogP contribution is 2.39. The van der Waals surface area contributed by atoms with Gasteiger partial charge < -0.3 is 9.84 Å². The molecule has 0 fully saturated rings. The summed E-state index contributed by atoms with van der Waals surface area (Å²) in [5.41, 5.74) is 2.41. The van der Waals surface area contributed by atoms with Crippen LogP contribution in [-0.4, -0.2) is 18.2 Å². The lowest BCUT2D eigenvalue weighted by Crippen LogP contribution is -2.17. The fourth-order valence-corrected chi connectivity index (χ4v) is 2.45. The van der Waals surface area contributed by atoms with Crippen LogP contribution in [-0.2, 0) is 11.2 Å². The van der Waals surface area contributed by atoms with Gasteiger partial charge in [-0.2, -0.15) is 0 Å². The molecule has 0 amide bonds. The van der Waals surface area contributed by atoms with Gasteiger partial charge in [0.25, 0.3) is 0 Å². The molecule has 0 spiro atoms. The van der Waals surface area contributed by atoms with Crippen LogP contribution in [0.4, 0.5) is 0 Å². The maximum atomic E-state index is 11.0. The second-order valence-corrected chi connectivity index (χ2v) is 4.34. The Bertz CT molecular complexity index is 412. The van der Waals surface area contributed by atoms with E-state index in [2.05, 4.69) is 0 Å². The van der Waals surface area contributed by atoms with E-state index in [4.69, 9.17) is 9.84 Å². The number of rotatable bonds is 3.